The fraction of sp³-hybridized carbons (Fsp3) is 0.429. The predicted molar refractivity (Wildman–Crippen MR) is 89.9 cm³/mol. The summed E-state index contributed by atoms with van der Waals surface area (Å²) in [4.78, 5) is 11.2. The highest BCUT2D eigenvalue weighted by molar-refractivity contribution is 7.99. The minimum Gasteiger partial charge on any atom is -0.370 e. The van der Waals surface area contributed by atoms with Crippen LogP contribution in [0.4, 0.5) is 0 Å². The van der Waals surface area contributed by atoms with Gasteiger partial charge in [-0.15, -0.1) is 0 Å². The molecular formula is C14H18ClN5S. The molecule has 0 spiro atoms. The standard InChI is InChI=1S/C14H18ClN5S/c1-19-12(18-11-4-2-3-10(15)13(11)19)9-17-14(16)20-5-7-21-8-6-20/h2-4H,5-9H2,1H3,(H2,16,17). The molecule has 2 N–H and O–H groups in total. The largest absolute Gasteiger partial charge is 0.370 e. The highest BCUT2D eigenvalue weighted by Crippen LogP contribution is 2.23. The minimum atomic E-state index is 0.469. The number of aliphatic imine (C=N–C) groups is 1. The Kier molecular flexibility index (Phi) is 4.26. The number of rotatable bonds is 2. The van der Waals surface area contributed by atoms with E-state index in [0.29, 0.717) is 17.5 Å². The Hall–Kier alpha value is -1.40. The fourth-order valence-corrected chi connectivity index (χ4v) is 3.65. The number of thioether (sulfide) groups is 1. The van der Waals surface area contributed by atoms with Gasteiger partial charge in [0.1, 0.15) is 12.4 Å². The molecule has 0 aliphatic carbocycles. The second-order valence-electron chi connectivity index (χ2n) is 4.97. The molecule has 1 aromatic heterocycles. The molecule has 21 heavy (non-hydrogen) atoms. The predicted octanol–water partition coefficient (Wildman–Crippen LogP) is 2.09. The summed E-state index contributed by atoms with van der Waals surface area (Å²) in [6.45, 7) is 2.40. The van der Waals surface area contributed by atoms with Crippen molar-refractivity contribution >= 4 is 40.4 Å². The van der Waals surface area contributed by atoms with Gasteiger partial charge >= 0.3 is 0 Å². The van der Waals surface area contributed by atoms with E-state index in [4.69, 9.17) is 17.3 Å². The quantitative estimate of drug-likeness (QED) is 0.679. The maximum Gasteiger partial charge on any atom is 0.191 e. The van der Waals surface area contributed by atoms with Gasteiger partial charge in [0.25, 0.3) is 0 Å². The summed E-state index contributed by atoms with van der Waals surface area (Å²) in [6.07, 6.45) is 0. The minimum absolute atomic E-state index is 0.469. The van der Waals surface area contributed by atoms with Gasteiger partial charge in [-0.1, -0.05) is 17.7 Å². The van der Waals surface area contributed by atoms with Crippen molar-refractivity contribution in [1.82, 2.24) is 14.5 Å². The first kappa shape index (κ1) is 14.5. The second kappa shape index (κ2) is 6.15. The zero-order valence-corrected chi connectivity index (χ0v) is 13.5. The number of fused-ring (bicyclic) bond motifs is 1. The number of para-hydroxylation sites is 1. The van der Waals surface area contributed by atoms with Crippen molar-refractivity contribution in [3.8, 4) is 0 Å². The number of halogens is 1. The van der Waals surface area contributed by atoms with Gasteiger partial charge in [0.05, 0.1) is 16.1 Å². The average molecular weight is 324 g/mol. The molecule has 7 heteroatoms. The lowest BCUT2D eigenvalue weighted by atomic mass is 10.3. The van der Waals surface area contributed by atoms with Crippen LogP contribution in [-0.4, -0.2) is 45.0 Å². The van der Waals surface area contributed by atoms with Crippen LogP contribution in [0.3, 0.4) is 0 Å². The molecule has 2 aromatic rings. The molecule has 5 nitrogen and oxygen atoms in total. The number of nitrogens with two attached hydrogens (primary N) is 1. The fourth-order valence-electron chi connectivity index (χ4n) is 2.45. The molecule has 1 aliphatic heterocycles. The van der Waals surface area contributed by atoms with E-state index in [-0.39, 0.29) is 0 Å². The van der Waals surface area contributed by atoms with E-state index in [1.54, 1.807) is 0 Å². The van der Waals surface area contributed by atoms with Crippen molar-refractivity contribution in [2.24, 2.45) is 17.8 Å². The monoisotopic (exact) mass is 323 g/mol. The van der Waals surface area contributed by atoms with E-state index < -0.39 is 0 Å². The maximum atomic E-state index is 6.23. The SMILES string of the molecule is Cn1c(CN=C(N)N2CCSCC2)nc2cccc(Cl)c21. The van der Waals surface area contributed by atoms with Gasteiger partial charge in [-0.3, -0.25) is 0 Å². The molecule has 1 saturated heterocycles. The van der Waals surface area contributed by atoms with Crippen LogP contribution in [-0.2, 0) is 13.6 Å². The van der Waals surface area contributed by atoms with Crippen molar-refractivity contribution in [2.75, 3.05) is 24.6 Å². The van der Waals surface area contributed by atoms with Crippen LogP contribution in [0.5, 0.6) is 0 Å². The van der Waals surface area contributed by atoms with Crippen molar-refractivity contribution in [1.29, 1.82) is 0 Å². The summed E-state index contributed by atoms with van der Waals surface area (Å²) in [5.41, 5.74) is 7.91. The summed E-state index contributed by atoms with van der Waals surface area (Å²) in [7, 11) is 1.96. The van der Waals surface area contributed by atoms with Crippen LogP contribution < -0.4 is 5.73 Å². The summed E-state index contributed by atoms with van der Waals surface area (Å²) in [5, 5.41) is 0.707. The number of nitrogens with zero attached hydrogens (tertiary/aromatic N) is 4. The summed E-state index contributed by atoms with van der Waals surface area (Å²) in [5.74, 6) is 3.69. The lowest BCUT2D eigenvalue weighted by molar-refractivity contribution is 0.455. The maximum absolute atomic E-state index is 6.23. The molecule has 0 amide bonds. The van der Waals surface area contributed by atoms with E-state index in [2.05, 4.69) is 14.9 Å². The number of aryl methyl sites for hydroxylation is 1. The summed E-state index contributed by atoms with van der Waals surface area (Å²) in [6, 6.07) is 5.74. The average Bonchev–Trinajstić information content (AvgIpc) is 2.83. The lowest BCUT2D eigenvalue weighted by Gasteiger charge is -2.27. The number of imidazole rings is 1. The molecule has 1 aromatic carbocycles. The van der Waals surface area contributed by atoms with Crippen LogP contribution >= 0.6 is 23.4 Å². The Balaban J connectivity index is 1.81. The van der Waals surface area contributed by atoms with E-state index in [0.717, 1.165) is 41.5 Å². The van der Waals surface area contributed by atoms with Gasteiger partial charge in [0.15, 0.2) is 5.96 Å². The molecule has 0 radical (unpaired) electrons. The Bertz CT molecular complexity index is 675. The van der Waals surface area contributed by atoms with Gasteiger partial charge < -0.3 is 15.2 Å². The van der Waals surface area contributed by atoms with Gasteiger partial charge in [-0.25, -0.2) is 9.98 Å². The zero-order chi connectivity index (χ0) is 14.8. The van der Waals surface area contributed by atoms with Gasteiger partial charge in [0, 0.05) is 31.6 Å². The smallest absolute Gasteiger partial charge is 0.191 e. The van der Waals surface area contributed by atoms with Gasteiger partial charge in [-0.05, 0) is 12.1 Å². The molecule has 2 heterocycles. The number of benzene rings is 1. The highest BCUT2D eigenvalue weighted by Gasteiger charge is 2.13. The third kappa shape index (κ3) is 2.96. The van der Waals surface area contributed by atoms with Crippen LogP contribution in [0.25, 0.3) is 11.0 Å². The molecule has 1 fully saturated rings. The number of hydrogen-bond donors (Lipinski definition) is 1. The number of guanidine groups is 1. The number of aromatic nitrogens is 2. The molecule has 0 saturated carbocycles. The van der Waals surface area contributed by atoms with Gasteiger partial charge in [-0.2, -0.15) is 11.8 Å². The molecule has 1 aliphatic rings. The van der Waals surface area contributed by atoms with E-state index in [1.165, 1.54) is 0 Å². The van der Waals surface area contributed by atoms with E-state index >= 15 is 0 Å². The first-order valence-electron chi connectivity index (χ1n) is 6.89. The zero-order valence-electron chi connectivity index (χ0n) is 11.9. The van der Waals surface area contributed by atoms with Crippen molar-refractivity contribution < 1.29 is 0 Å². The second-order valence-corrected chi connectivity index (χ2v) is 6.60. The van der Waals surface area contributed by atoms with Gasteiger partial charge in [0.2, 0.25) is 0 Å². The molecule has 0 atom stereocenters. The Morgan fingerprint density at radius 2 is 2.19 bits per heavy atom. The first-order chi connectivity index (χ1) is 10.2. The summed E-state index contributed by atoms with van der Waals surface area (Å²) >= 11 is 8.18. The highest BCUT2D eigenvalue weighted by atomic mass is 35.5. The summed E-state index contributed by atoms with van der Waals surface area (Å²) < 4.78 is 1.99. The third-order valence-corrected chi connectivity index (χ3v) is 4.90. The van der Waals surface area contributed by atoms with Crippen molar-refractivity contribution in [2.45, 2.75) is 6.54 Å². The molecular weight excluding hydrogens is 306 g/mol. The normalized spacial score (nSPS) is 16.7. The molecule has 0 unspecified atom stereocenters. The van der Waals surface area contributed by atoms with Crippen molar-refractivity contribution in [3.05, 3.63) is 29.0 Å². The van der Waals surface area contributed by atoms with Crippen LogP contribution in [0.15, 0.2) is 23.2 Å². The third-order valence-electron chi connectivity index (χ3n) is 3.66. The molecule has 112 valence electrons. The molecule has 3 rings (SSSR count). The number of hydrogen-bond acceptors (Lipinski definition) is 3. The Labute approximate surface area is 133 Å². The lowest BCUT2D eigenvalue weighted by Crippen LogP contribution is -2.42. The molecule has 0 bridgehead atoms. The van der Waals surface area contributed by atoms with Crippen LogP contribution in [0.2, 0.25) is 5.02 Å². The Morgan fingerprint density at radius 3 is 2.90 bits per heavy atom. The first-order valence-corrected chi connectivity index (χ1v) is 8.42. The van der Waals surface area contributed by atoms with Crippen LogP contribution in [0.1, 0.15) is 5.82 Å². The van der Waals surface area contributed by atoms with E-state index in [1.807, 2.05) is 41.6 Å². The van der Waals surface area contributed by atoms with E-state index in [9.17, 15) is 0 Å². The Morgan fingerprint density at radius 1 is 1.43 bits per heavy atom. The van der Waals surface area contributed by atoms with Crippen LogP contribution in [0, 0.1) is 0 Å². The van der Waals surface area contributed by atoms with Crippen molar-refractivity contribution in [3.63, 3.8) is 0 Å². The topological polar surface area (TPSA) is 59.4 Å².